The SMILES string of the molecule is [C-]#[O+].[CH]1C=CC=C1.[Ru+].[SH-].c1ccc(P(c2ccccc2)c2ccccc2)cc1. The standard InChI is InChI=1S/C18H15P.C5H5.CO.Ru.H2S/c1-4-10-16(11-5-1)19(17-12-6-2-7-13-17)18-14-8-3-9-15-18;1-2-4-5-3-1;1-2;;/h1-15H;1-5H;;;1H2/q;;;+1;/p-1. The van der Waals surface area contributed by atoms with Gasteiger partial charge in [-0.05, 0) is 23.8 Å². The summed E-state index contributed by atoms with van der Waals surface area (Å²) >= 11 is 0. The predicted molar refractivity (Wildman–Crippen MR) is 120 cm³/mol. The van der Waals surface area contributed by atoms with Crippen molar-refractivity contribution in [3.63, 3.8) is 0 Å². The Morgan fingerprint density at radius 2 is 0.786 bits per heavy atom. The first-order chi connectivity index (χ1) is 12.9. The van der Waals surface area contributed by atoms with E-state index in [1.807, 2.05) is 30.7 Å². The Hall–Kier alpha value is -1.72. The van der Waals surface area contributed by atoms with Crippen molar-refractivity contribution in [3.8, 4) is 0 Å². The molecule has 4 heteroatoms. The van der Waals surface area contributed by atoms with Gasteiger partial charge in [-0.1, -0.05) is 115 Å². The summed E-state index contributed by atoms with van der Waals surface area (Å²) in [5, 5.41) is 4.19. The summed E-state index contributed by atoms with van der Waals surface area (Å²) in [5.74, 6) is 0. The van der Waals surface area contributed by atoms with Gasteiger partial charge in [0.05, 0.1) is 0 Å². The molecule has 1 aliphatic rings. The van der Waals surface area contributed by atoms with E-state index in [-0.39, 0.29) is 33.0 Å². The quantitative estimate of drug-likeness (QED) is 0.133. The molecule has 0 spiro atoms. The van der Waals surface area contributed by atoms with E-state index in [0.29, 0.717) is 0 Å². The average molecular weight is 490 g/mol. The van der Waals surface area contributed by atoms with Gasteiger partial charge in [-0.15, -0.1) is 0 Å². The third-order valence-corrected chi connectivity index (χ3v) is 6.04. The van der Waals surface area contributed by atoms with Crippen LogP contribution in [0.25, 0.3) is 0 Å². The Bertz CT molecular complexity index is 730. The van der Waals surface area contributed by atoms with Crippen LogP contribution in [0.5, 0.6) is 0 Å². The number of hydrogen-bond acceptors (Lipinski definition) is 1. The average Bonchev–Trinajstić information content (AvgIpc) is 3.33. The number of benzene rings is 3. The Kier molecular flexibility index (Phi) is 15.3. The summed E-state index contributed by atoms with van der Waals surface area (Å²) in [5.41, 5.74) is 0. The molecule has 0 amide bonds. The van der Waals surface area contributed by atoms with E-state index in [4.69, 9.17) is 4.65 Å². The summed E-state index contributed by atoms with van der Waals surface area (Å²) in [6.45, 7) is 4.50. The summed E-state index contributed by atoms with van der Waals surface area (Å²) < 4.78 is 7.50. The van der Waals surface area contributed by atoms with E-state index >= 15 is 0 Å². The number of hydrogen-bond donors (Lipinski definition) is 0. The summed E-state index contributed by atoms with van der Waals surface area (Å²) in [6, 6.07) is 32.3. The molecule has 0 aliphatic heterocycles. The van der Waals surface area contributed by atoms with Crippen molar-refractivity contribution < 1.29 is 24.1 Å². The summed E-state index contributed by atoms with van der Waals surface area (Å²) in [4.78, 5) is 0. The maximum atomic E-state index is 7.50. The zero-order chi connectivity index (χ0) is 18.5. The van der Waals surface area contributed by atoms with Crippen LogP contribution in [0, 0.1) is 13.1 Å². The minimum atomic E-state index is -0.446. The van der Waals surface area contributed by atoms with Gasteiger partial charge in [-0.3, -0.25) is 0 Å². The summed E-state index contributed by atoms with van der Waals surface area (Å²) in [7, 11) is -0.446. The van der Waals surface area contributed by atoms with Crippen molar-refractivity contribution >= 4 is 37.3 Å². The molecule has 3 aromatic carbocycles. The molecule has 0 atom stereocenters. The monoisotopic (exact) mass is 490 g/mol. The van der Waals surface area contributed by atoms with Gasteiger partial charge >= 0.3 is 30.8 Å². The molecule has 0 saturated carbocycles. The number of allylic oxidation sites excluding steroid dienone is 4. The topological polar surface area (TPSA) is 19.9 Å². The molecular formula is C24H21OPRuS. The van der Waals surface area contributed by atoms with Crippen molar-refractivity contribution in [2.75, 3.05) is 0 Å². The van der Waals surface area contributed by atoms with Crippen LogP contribution in [0.1, 0.15) is 0 Å². The second-order valence-corrected chi connectivity index (χ2v) is 7.52. The van der Waals surface area contributed by atoms with Crippen LogP contribution in [0.4, 0.5) is 0 Å². The van der Waals surface area contributed by atoms with E-state index < -0.39 is 7.92 Å². The maximum absolute atomic E-state index is 7.50. The van der Waals surface area contributed by atoms with Crippen molar-refractivity contribution in [2.24, 2.45) is 0 Å². The Balaban J connectivity index is 0.000000699. The van der Waals surface area contributed by atoms with Gasteiger partial charge in [0.2, 0.25) is 0 Å². The first kappa shape index (κ1) is 26.3. The van der Waals surface area contributed by atoms with Crippen LogP contribution in [0.15, 0.2) is 115 Å². The van der Waals surface area contributed by atoms with E-state index in [9.17, 15) is 0 Å². The molecular weight excluding hydrogens is 468 g/mol. The van der Waals surface area contributed by atoms with E-state index in [1.54, 1.807) is 0 Å². The fourth-order valence-electron chi connectivity index (χ4n) is 2.50. The van der Waals surface area contributed by atoms with Crippen molar-refractivity contribution in [3.05, 3.63) is 128 Å². The Morgan fingerprint density at radius 1 is 0.500 bits per heavy atom. The molecule has 0 fully saturated rings. The van der Waals surface area contributed by atoms with Gasteiger partial charge in [0, 0.05) is 6.42 Å². The largest absolute Gasteiger partial charge is 1.00 e. The van der Waals surface area contributed by atoms with Crippen LogP contribution in [-0.2, 0) is 37.6 Å². The zero-order valence-corrected chi connectivity index (χ0v) is 18.7. The third-order valence-electron chi connectivity index (χ3n) is 3.60. The number of thiol groups is 1. The smallest absolute Gasteiger partial charge is 0.813 e. The molecule has 28 heavy (non-hydrogen) atoms. The van der Waals surface area contributed by atoms with Crippen LogP contribution in [-0.4, -0.2) is 0 Å². The van der Waals surface area contributed by atoms with Crippen LogP contribution < -0.4 is 15.9 Å². The maximum Gasteiger partial charge on any atom is 1.00 e. The van der Waals surface area contributed by atoms with Crippen molar-refractivity contribution in [1.29, 1.82) is 0 Å². The molecule has 3 aromatic rings. The van der Waals surface area contributed by atoms with Gasteiger partial charge in [0.15, 0.2) is 0 Å². The second-order valence-electron chi connectivity index (χ2n) is 5.30. The van der Waals surface area contributed by atoms with Gasteiger partial charge in [0.1, 0.15) is 0 Å². The van der Waals surface area contributed by atoms with Gasteiger partial charge in [-0.25, -0.2) is 0 Å². The van der Waals surface area contributed by atoms with Crippen molar-refractivity contribution in [1.82, 2.24) is 0 Å². The molecule has 0 unspecified atom stereocenters. The van der Waals surface area contributed by atoms with Gasteiger partial charge in [0.25, 0.3) is 0 Å². The van der Waals surface area contributed by atoms with E-state index in [0.717, 1.165) is 0 Å². The first-order valence-electron chi connectivity index (χ1n) is 8.27. The van der Waals surface area contributed by atoms with Crippen molar-refractivity contribution in [2.45, 2.75) is 0 Å². The molecule has 1 nitrogen and oxygen atoms in total. The Morgan fingerprint density at radius 3 is 1.00 bits per heavy atom. The Labute approximate surface area is 189 Å². The minimum absolute atomic E-state index is 0. The summed E-state index contributed by atoms with van der Waals surface area (Å²) in [6.07, 6.45) is 10.0. The third kappa shape index (κ3) is 8.53. The fraction of sp³-hybridized carbons (Fsp3) is 0. The molecule has 0 aromatic heterocycles. The second kappa shape index (κ2) is 16.3. The molecule has 0 heterocycles. The van der Waals surface area contributed by atoms with Gasteiger partial charge < -0.3 is 13.5 Å². The van der Waals surface area contributed by atoms with Crippen LogP contribution >= 0.6 is 7.92 Å². The molecule has 2 radical (unpaired) electrons. The van der Waals surface area contributed by atoms with Gasteiger partial charge in [-0.2, -0.15) is 0 Å². The zero-order valence-electron chi connectivity index (χ0n) is 15.2. The van der Waals surface area contributed by atoms with Crippen LogP contribution in [0.3, 0.4) is 0 Å². The predicted octanol–water partition coefficient (Wildman–Crippen LogP) is 4.45. The normalized spacial score (nSPS) is 10.4. The molecule has 0 bridgehead atoms. The molecule has 1 aliphatic carbocycles. The molecule has 142 valence electrons. The van der Waals surface area contributed by atoms with Crippen LogP contribution in [0.2, 0.25) is 0 Å². The minimum Gasteiger partial charge on any atom is -0.813 e. The van der Waals surface area contributed by atoms with E-state index in [1.165, 1.54) is 15.9 Å². The fourth-order valence-corrected chi connectivity index (χ4v) is 4.80. The first-order valence-corrected chi connectivity index (χ1v) is 9.62. The molecule has 0 saturated heterocycles. The molecule has 4 rings (SSSR count). The molecule has 0 N–H and O–H groups in total. The number of rotatable bonds is 3. The van der Waals surface area contributed by atoms with E-state index in [2.05, 4.69) is 97.6 Å².